The van der Waals surface area contributed by atoms with E-state index in [1.54, 1.807) is 0 Å². The molecule has 0 aliphatic heterocycles. The second kappa shape index (κ2) is 10.4. The lowest BCUT2D eigenvalue weighted by Crippen LogP contribution is -2.21. The van der Waals surface area contributed by atoms with Crippen molar-refractivity contribution >= 4 is 23.4 Å². The predicted molar refractivity (Wildman–Crippen MR) is 133 cm³/mol. The molecule has 34 heavy (non-hydrogen) atoms. The molecule has 6 heteroatoms. The van der Waals surface area contributed by atoms with Gasteiger partial charge in [0.2, 0.25) is 0 Å². The highest BCUT2D eigenvalue weighted by molar-refractivity contribution is 6.00. The summed E-state index contributed by atoms with van der Waals surface area (Å²) in [6.45, 7) is 3.84. The van der Waals surface area contributed by atoms with Gasteiger partial charge in [-0.15, -0.1) is 0 Å². The number of carbonyl (C=O) groups excluding carboxylic acids is 1. The van der Waals surface area contributed by atoms with Crippen LogP contribution in [0.1, 0.15) is 54.9 Å². The van der Waals surface area contributed by atoms with Gasteiger partial charge < -0.3 is 20.5 Å². The van der Waals surface area contributed by atoms with E-state index in [1.165, 1.54) is 0 Å². The average molecular weight is 459 g/mol. The third kappa shape index (κ3) is 6.16. The molecule has 0 radical (unpaired) electrons. The molecule has 3 aromatic carbocycles. The van der Waals surface area contributed by atoms with E-state index in [0.717, 1.165) is 29.5 Å². The number of carboxylic acids is 1. The topological polar surface area (TPSA) is 87.7 Å². The van der Waals surface area contributed by atoms with Crippen LogP contribution in [0.25, 0.3) is 0 Å². The first-order valence-electron chi connectivity index (χ1n) is 11.6. The number of anilines is 2. The van der Waals surface area contributed by atoms with Gasteiger partial charge in [-0.1, -0.05) is 61.0 Å². The van der Waals surface area contributed by atoms with Crippen LogP contribution in [0.15, 0.2) is 72.8 Å². The molecule has 176 valence electrons. The summed E-state index contributed by atoms with van der Waals surface area (Å²) < 4.78 is 6.48. The molecule has 0 aromatic heterocycles. The van der Waals surface area contributed by atoms with E-state index in [1.807, 2.05) is 74.5 Å². The van der Waals surface area contributed by atoms with Crippen LogP contribution >= 0.6 is 0 Å². The highest BCUT2D eigenvalue weighted by atomic mass is 16.5. The Morgan fingerprint density at radius 1 is 0.971 bits per heavy atom. The number of urea groups is 1. The third-order valence-corrected chi connectivity index (χ3v) is 6.04. The van der Waals surface area contributed by atoms with Crippen molar-refractivity contribution < 1.29 is 19.4 Å². The first-order valence-corrected chi connectivity index (χ1v) is 11.6. The Bertz CT molecular complexity index is 1140. The molecule has 0 heterocycles. The van der Waals surface area contributed by atoms with Crippen LogP contribution in [0.2, 0.25) is 0 Å². The summed E-state index contributed by atoms with van der Waals surface area (Å²) >= 11 is 0. The second-order valence-electron chi connectivity index (χ2n) is 8.99. The van der Waals surface area contributed by atoms with Crippen molar-refractivity contribution in [2.75, 3.05) is 10.6 Å². The van der Waals surface area contributed by atoms with Crippen molar-refractivity contribution in [1.82, 2.24) is 0 Å². The molecule has 3 N–H and O–H groups in total. The van der Waals surface area contributed by atoms with Crippen LogP contribution in [0.3, 0.4) is 0 Å². The molecule has 1 fully saturated rings. The van der Waals surface area contributed by atoms with Gasteiger partial charge in [0.25, 0.3) is 0 Å². The number of hydrogen-bond acceptors (Lipinski definition) is 3. The summed E-state index contributed by atoms with van der Waals surface area (Å²) in [5, 5.41) is 15.0. The van der Waals surface area contributed by atoms with Crippen LogP contribution in [0, 0.1) is 12.8 Å². The van der Waals surface area contributed by atoms with Gasteiger partial charge in [0.15, 0.2) is 0 Å². The highest BCUT2D eigenvalue weighted by Gasteiger charge is 2.34. The van der Waals surface area contributed by atoms with Crippen LogP contribution in [0.4, 0.5) is 16.2 Å². The molecule has 0 saturated heterocycles. The van der Waals surface area contributed by atoms with E-state index >= 15 is 0 Å². The molecule has 6 nitrogen and oxygen atoms in total. The van der Waals surface area contributed by atoms with E-state index in [0.29, 0.717) is 23.0 Å². The summed E-state index contributed by atoms with van der Waals surface area (Å²) in [5.74, 6) is -0.0775. The number of benzene rings is 3. The average Bonchev–Trinajstić information content (AvgIpc) is 3.65. The number of aryl methyl sites for hydroxylation is 1. The Labute approximate surface area is 200 Å². The summed E-state index contributed by atoms with van der Waals surface area (Å²) in [4.78, 5) is 24.0. The smallest absolute Gasteiger partial charge is 0.323 e. The molecule has 0 spiro atoms. The van der Waals surface area contributed by atoms with Crippen LogP contribution in [-0.2, 0) is 4.79 Å². The second-order valence-corrected chi connectivity index (χ2v) is 8.99. The van der Waals surface area contributed by atoms with E-state index in [9.17, 15) is 14.7 Å². The summed E-state index contributed by atoms with van der Waals surface area (Å²) in [6, 6.07) is 22.8. The zero-order chi connectivity index (χ0) is 24.1. The van der Waals surface area contributed by atoms with Crippen LogP contribution < -0.4 is 15.4 Å². The van der Waals surface area contributed by atoms with Gasteiger partial charge in [-0.05, 0) is 61.1 Å². The molecule has 1 aliphatic rings. The number of rotatable bonds is 9. The quantitative estimate of drug-likeness (QED) is 0.331. The summed E-state index contributed by atoms with van der Waals surface area (Å²) in [7, 11) is 0. The van der Waals surface area contributed by atoms with Crippen molar-refractivity contribution in [3.05, 3.63) is 89.5 Å². The molecule has 2 unspecified atom stereocenters. The fourth-order valence-corrected chi connectivity index (χ4v) is 3.97. The lowest BCUT2D eigenvalue weighted by molar-refractivity contribution is -0.137. The first kappa shape index (κ1) is 23.4. The minimum Gasteiger partial charge on any atom is -0.483 e. The molecule has 4 rings (SSSR count). The minimum atomic E-state index is -0.864. The Morgan fingerprint density at radius 2 is 1.68 bits per heavy atom. The molecular formula is C28H30N2O4. The van der Waals surface area contributed by atoms with E-state index < -0.39 is 5.97 Å². The van der Waals surface area contributed by atoms with Crippen LogP contribution in [0.5, 0.6) is 5.75 Å². The Kier molecular flexibility index (Phi) is 7.16. The fourth-order valence-electron chi connectivity index (χ4n) is 3.97. The van der Waals surface area contributed by atoms with Crippen molar-refractivity contribution in [1.29, 1.82) is 0 Å². The van der Waals surface area contributed by atoms with Gasteiger partial charge in [0.05, 0.1) is 12.1 Å². The number of carbonyl (C=O) groups is 2. The zero-order valence-corrected chi connectivity index (χ0v) is 19.5. The SMILES string of the molecule is Cc1ccc(NC(=O)Nc2cc(C(C)CC(=O)O)ccc2OC(c2ccccc2)C2CC2)cc1. The number of nitrogens with one attached hydrogen (secondary N) is 2. The predicted octanol–water partition coefficient (Wildman–Crippen LogP) is 6.75. The van der Waals surface area contributed by atoms with Gasteiger partial charge in [0.1, 0.15) is 11.9 Å². The number of hydrogen-bond donors (Lipinski definition) is 3. The molecule has 1 saturated carbocycles. The van der Waals surface area contributed by atoms with Crippen LogP contribution in [-0.4, -0.2) is 17.1 Å². The monoisotopic (exact) mass is 458 g/mol. The van der Waals surface area contributed by atoms with Gasteiger partial charge in [-0.2, -0.15) is 0 Å². The maximum Gasteiger partial charge on any atom is 0.323 e. The van der Waals surface area contributed by atoms with Gasteiger partial charge in [-0.3, -0.25) is 4.79 Å². The molecule has 3 aromatic rings. The minimum absolute atomic E-state index is 0.00389. The van der Waals surface area contributed by atoms with E-state index in [-0.39, 0.29) is 24.5 Å². The van der Waals surface area contributed by atoms with Crippen molar-refractivity contribution in [2.24, 2.45) is 5.92 Å². The molecule has 0 bridgehead atoms. The Balaban J connectivity index is 1.59. The fraction of sp³-hybridized carbons (Fsp3) is 0.286. The van der Waals surface area contributed by atoms with Crippen molar-refractivity contribution in [3.8, 4) is 5.75 Å². The van der Waals surface area contributed by atoms with Crippen molar-refractivity contribution in [3.63, 3.8) is 0 Å². The lowest BCUT2D eigenvalue weighted by atomic mass is 9.97. The number of ether oxygens (including phenoxy) is 1. The Hall–Kier alpha value is -3.80. The maximum atomic E-state index is 12.8. The summed E-state index contributed by atoms with van der Waals surface area (Å²) in [5.41, 5.74) is 4.22. The molecule has 1 aliphatic carbocycles. The highest BCUT2D eigenvalue weighted by Crippen LogP contribution is 2.45. The molecule has 2 atom stereocenters. The third-order valence-electron chi connectivity index (χ3n) is 6.04. The van der Waals surface area contributed by atoms with Gasteiger partial charge >= 0.3 is 12.0 Å². The number of carboxylic acid groups (broad SMARTS) is 1. The van der Waals surface area contributed by atoms with Gasteiger partial charge in [-0.25, -0.2) is 4.79 Å². The largest absolute Gasteiger partial charge is 0.483 e. The number of amides is 2. The molecular weight excluding hydrogens is 428 g/mol. The number of aliphatic carboxylic acids is 1. The van der Waals surface area contributed by atoms with E-state index in [2.05, 4.69) is 22.8 Å². The lowest BCUT2D eigenvalue weighted by Gasteiger charge is -2.23. The van der Waals surface area contributed by atoms with Gasteiger partial charge in [0, 0.05) is 11.6 Å². The standard InChI is InChI=1S/C28H30N2O4/c1-18-8-13-23(14-9-18)29-28(33)30-24-17-22(19(2)16-26(31)32)12-15-25(24)34-27(21-10-11-21)20-6-4-3-5-7-20/h3-9,12-15,17,19,21,27H,10-11,16H2,1-2H3,(H,31,32)(H2,29,30,33). The Morgan fingerprint density at radius 3 is 2.32 bits per heavy atom. The maximum absolute atomic E-state index is 12.8. The van der Waals surface area contributed by atoms with E-state index in [4.69, 9.17) is 4.74 Å². The van der Waals surface area contributed by atoms with Crippen molar-refractivity contribution in [2.45, 2.75) is 45.1 Å². The first-order chi connectivity index (χ1) is 16.4. The summed E-state index contributed by atoms with van der Waals surface area (Å²) in [6.07, 6.45) is 2.10. The zero-order valence-electron chi connectivity index (χ0n) is 19.5. The normalized spacial score (nSPS) is 14.6. The molecule has 2 amide bonds.